The molecular formula is Ce3N4O28S4. The van der Waals surface area contributed by atoms with Gasteiger partial charge in [0.05, 0.1) is 20.3 Å². The van der Waals surface area contributed by atoms with Crippen LogP contribution in [0.2, 0.25) is 0 Å². The summed E-state index contributed by atoms with van der Waals surface area (Å²) in [6.07, 6.45) is 0. The monoisotopic (exact) mass is 1050 g/mol. The largest absolute Gasteiger partial charge is 4.00 e. The Morgan fingerprint density at radius 1 is 0.282 bits per heavy atom. The molecule has 39 heteroatoms. The number of hydrogen-bond acceptors (Lipinski definition) is 28. The van der Waals surface area contributed by atoms with Crippen molar-refractivity contribution in [3.8, 4) is 0 Å². The van der Waals surface area contributed by atoms with Crippen molar-refractivity contribution >= 4 is 41.6 Å². The molecule has 0 aliphatic rings. The van der Waals surface area contributed by atoms with Gasteiger partial charge in [0.15, 0.2) is 0 Å². The van der Waals surface area contributed by atoms with Gasteiger partial charge in [-0.2, -0.15) is 0 Å². The van der Waals surface area contributed by atoms with Crippen molar-refractivity contribution in [2.24, 2.45) is 0 Å². The molecule has 32 nitrogen and oxygen atoms in total. The third kappa shape index (κ3) is 303000. The van der Waals surface area contributed by atoms with E-state index in [2.05, 4.69) is 0 Å². The molecule has 0 fully saturated rings. The first kappa shape index (κ1) is 72.0. The van der Waals surface area contributed by atoms with Gasteiger partial charge in [-0.15, -0.1) is 0 Å². The van der Waals surface area contributed by atoms with Crippen molar-refractivity contribution in [1.29, 1.82) is 0 Å². The Morgan fingerprint density at radius 3 is 0.282 bits per heavy atom. The third-order valence-corrected chi connectivity index (χ3v) is 0. The first-order valence-electron chi connectivity index (χ1n) is 4.86. The first-order chi connectivity index (χ1) is 14.9. The Hall–Kier alpha value is 0.410. The number of hydrogen-bond donors (Lipinski definition) is 0. The smallest absolute Gasteiger partial charge is 0.759 e. The minimum atomic E-state index is -5.17. The minimum Gasteiger partial charge on any atom is -0.759 e. The molecule has 0 unspecified atom stereocenters. The standard InChI is InChI=1S/3Ce.4NO3.4H2O4S/c;;;4*2-1(3)4;4*1-5(2,3)4/h;;;;;;;4*(H2,1,2,3,4)/q3*+4;4*-1;;;;/p-8. The molecule has 0 N–H and O–H groups in total. The van der Waals surface area contributed by atoms with Gasteiger partial charge in [0.2, 0.25) is 0 Å². The fourth-order valence-corrected chi connectivity index (χ4v) is 0. The van der Waals surface area contributed by atoms with Gasteiger partial charge in [0.25, 0.3) is 0 Å². The molecule has 224 valence electrons. The van der Waals surface area contributed by atoms with Gasteiger partial charge in [-0.25, -0.2) is 0 Å². The summed E-state index contributed by atoms with van der Waals surface area (Å²) in [5, 5.41) is 59.0. The van der Waals surface area contributed by atoms with Gasteiger partial charge in [0, 0.05) is 41.6 Å². The van der Waals surface area contributed by atoms with Crippen molar-refractivity contribution < 1.29 is 216 Å². The number of rotatable bonds is 0. The van der Waals surface area contributed by atoms with Crippen LogP contribution in [0.15, 0.2) is 0 Å². The molecule has 0 heterocycles. The van der Waals surface area contributed by atoms with E-state index in [9.17, 15) is 0 Å². The summed E-state index contributed by atoms with van der Waals surface area (Å²) in [7, 11) is -20.7. The molecular weight excluding hydrogens is 1050 g/mol. The molecule has 0 aromatic carbocycles. The molecule has 0 bridgehead atoms. The topological polar surface area (TPSA) is 586 Å². The van der Waals surface area contributed by atoms with Gasteiger partial charge in [-0.1, -0.05) is 0 Å². The Bertz CT molecular complexity index is 789. The molecule has 0 aliphatic heterocycles. The summed E-state index contributed by atoms with van der Waals surface area (Å²) in [5.41, 5.74) is 0. The third-order valence-electron chi connectivity index (χ3n) is 0. The van der Waals surface area contributed by atoms with Crippen LogP contribution in [0.4, 0.5) is 0 Å². The van der Waals surface area contributed by atoms with Crippen LogP contribution in [-0.4, -0.2) is 90.4 Å². The Kier molecular flexibility index (Phi) is 74.9. The van der Waals surface area contributed by atoms with E-state index in [4.69, 9.17) is 131 Å². The van der Waals surface area contributed by atoms with E-state index in [1.807, 2.05) is 0 Å². The summed E-state index contributed by atoms with van der Waals surface area (Å²) in [6, 6.07) is 0. The zero-order valence-corrected chi connectivity index (χ0v) is 29.0. The van der Waals surface area contributed by atoms with Crippen molar-refractivity contribution in [2.75, 3.05) is 0 Å². The molecule has 0 rings (SSSR count). The van der Waals surface area contributed by atoms with Crippen LogP contribution in [0.1, 0.15) is 0 Å². The fraction of sp³-hybridized carbons (Fsp3) is 0. The Balaban J connectivity index is -0.0000000253. The molecule has 0 amide bonds. The van der Waals surface area contributed by atoms with Crippen LogP contribution in [0, 0.1) is 187 Å². The van der Waals surface area contributed by atoms with Gasteiger partial charge in [0.1, 0.15) is 0 Å². The van der Waals surface area contributed by atoms with Gasteiger partial charge in [-0.3, -0.25) is 33.7 Å². The Morgan fingerprint density at radius 2 is 0.282 bits per heavy atom. The zero-order chi connectivity index (χ0) is 32.3. The normalized spacial score (nSPS) is 8.41. The van der Waals surface area contributed by atoms with Crippen LogP contribution in [0.5, 0.6) is 0 Å². The molecule has 0 saturated carbocycles. The summed E-state index contributed by atoms with van der Waals surface area (Å²) >= 11 is 0. The molecule has 0 saturated heterocycles. The summed E-state index contributed by atoms with van der Waals surface area (Å²) in [4.78, 5) is 33.0. The summed E-state index contributed by atoms with van der Waals surface area (Å²) in [5.74, 6) is 0. The predicted octanol–water partition coefficient (Wildman–Crippen LogP) is -6.31. The second kappa shape index (κ2) is 40.5. The van der Waals surface area contributed by atoms with Crippen molar-refractivity contribution in [3.05, 3.63) is 61.3 Å². The van der Waals surface area contributed by atoms with E-state index in [1.165, 1.54) is 0 Å². The predicted molar refractivity (Wildman–Crippen MR) is 83.3 cm³/mol. The maximum atomic E-state index is 8.52. The van der Waals surface area contributed by atoms with Crippen LogP contribution in [0.25, 0.3) is 0 Å². The van der Waals surface area contributed by atoms with E-state index in [1.54, 1.807) is 0 Å². The SMILES string of the molecule is O=S(=O)([O-])[O-].O=S(=O)([O-])[O-].O=S(=O)([O-])[O-].O=S(=O)([O-])[O-].O=[N+]([O-])[O-].O=[N+]([O-])[O-].O=[N+]([O-])[O-].O=[N+]([O-])[O-].[Ce+4].[Ce+4].[Ce+4]. The maximum absolute atomic E-state index is 8.52. The summed E-state index contributed by atoms with van der Waals surface area (Å²) < 4.78 is 136. The van der Waals surface area contributed by atoms with Crippen molar-refractivity contribution in [2.45, 2.75) is 0 Å². The van der Waals surface area contributed by atoms with E-state index < -0.39 is 61.9 Å². The second-order valence-corrected chi connectivity index (χ2v) is 5.79. The van der Waals surface area contributed by atoms with Crippen LogP contribution in [0.3, 0.4) is 0 Å². The number of nitrogens with zero attached hydrogens (tertiary/aromatic N) is 4. The average molecular weight is 1050 g/mol. The van der Waals surface area contributed by atoms with E-state index in [0.717, 1.165) is 0 Å². The fourth-order valence-electron chi connectivity index (χ4n) is 0. The first-order valence-corrected chi connectivity index (χ1v) is 10.2. The molecule has 0 aromatic heterocycles. The maximum Gasteiger partial charge on any atom is 4.00 e. The van der Waals surface area contributed by atoms with Crippen LogP contribution >= 0.6 is 0 Å². The van der Waals surface area contributed by atoms with Crippen LogP contribution < -0.4 is 0 Å². The van der Waals surface area contributed by atoms with E-state index in [-0.39, 0.29) is 125 Å². The zero-order valence-electron chi connectivity index (χ0n) is 16.4. The second-order valence-electron chi connectivity index (χ2n) is 2.53. The molecule has 39 heavy (non-hydrogen) atoms. The quantitative estimate of drug-likeness (QED) is 0.0942. The van der Waals surface area contributed by atoms with Gasteiger partial charge >= 0.3 is 125 Å². The molecule has 0 aliphatic carbocycles. The van der Waals surface area contributed by atoms with E-state index >= 15 is 0 Å². The average Bonchev–Trinajstić information content (AvgIpc) is 2.24. The summed E-state index contributed by atoms with van der Waals surface area (Å²) in [6.45, 7) is 0. The molecule has 0 spiro atoms. The Labute approximate surface area is 313 Å². The molecule has 0 radical (unpaired) electrons. The van der Waals surface area contributed by atoms with Crippen molar-refractivity contribution in [1.82, 2.24) is 0 Å². The van der Waals surface area contributed by atoms with Gasteiger partial charge in [-0.05, 0) is 0 Å². The van der Waals surface area contributed by atoms with Crippen molar-refractivity contribution in [3.63, 3.8) is 0 Å². The molecule has 0 atom stereocenters. The van der Waals surface area contributed by atoms with Gasteiger partial charge < -0.3 is 97.7 Å². The van der Waals surface area contributed by atoms with E-state index in [0.29, 0.717) is 0 Å². The molecule has 0 aromatic rings. The minimum absolute atomic E-state index is 0. The van der Waals surface area contributed by atoms with Crippen LogP contribution in [-0.2, 0) is 41.6 Å².